The van der Waals surface area contributed by atoms with Crippen LogP contribution in [0.15, 0.2) is 0 Å². The Balaban J connectivity index is 0. The third kappa shape index (κ3) is 18.5. The summed E-state index contributed by atoms with van der Waals surface area (Å²) in [5.74, 6) is 1.04. The van der Waals surface area contributed by atoms with Gasteiger partial charge in [-0.25, -0.2) is 10.8 Å². The topological polar surface area (TPSA) is 47.7 Å². The van der Waals surface area contributed by atoms with Crippen LogP contribution in [0.3, 0.4) is 0 Å². The maximum Gasteiger partial charge on any atom is 0.0554 e. The van der Waals surface area contributed by atoms with E-state index in [1.54, 1.807) is 10.3 Å². The summed E-state index contributed by atoms with van der Waals surface area (Å²) in [7, 11) is 0. The van der Waals surface area contributed by atoms with Crippen LogP contribution in [0.4, 0.5) is 0 Å². The molecule has 0 spiro atoms. The molecule has 0 bridgehead atoms. The molecule has 0 atom stereocenters. The van der Waals surface area contributed by atoms with E-state index in [0.717, 1.165) is 5.92 Å². The van der Waals surface area contributed by atoms with Gasteiger partial charge in [-0.05, 0) is 30.4 Å². The molecule has 1 aliphatic rings. The van der Waals surface area contributed by atoms with Gasteiger partial charge in [-0.2, -0.15) is 0 Å². The molecule has 74 valence electrons. The minimum Gasteiger partial charge on any atom is -0.248 e. The fourth-order valence-corrected chi connectivity index (χ4v) is 1.31. The Morgan fingerprint density at radius 2 is 1.31 bits per heavy atom. The monoisotopic (exact) mass is 216 g/mol. The number of rotatable bonds is 0. The standard InChI is InChI=1S/C7H14.2CHNS/c1-7-5-3-2-4-6-7;2*2-1-3/h7H,2-6H2,1H3;2*2H. The lowest BCUT2D eigenvalue weighted by Crippen LogP contribution is -1.99. The number of thiocarbonyl (C=S) groups is 2. The van der Waals surface area contributed by atoms with Crippen molar-refractivity contribution in [2.75, 3.05) is 0 Å². The predicted molar refractivity (Wildman–Crippen MR) is 62.9 cm³/mol. The molecule has 1 rings (SSSR count). The summed E-state index contributed by atoms with van der Waals surface area (Å²) in [6, 6.07) is 0. The molecule has 0 amide bonds. The van der Waals surface area contributed by atoms with Crippen LogP contribution in [0.25, 0.3) is 0 Å². The lowest BCUT2D eigenvalue weighted by atomic mass is 9.91. The summed E-state index contributed by atoms with van der Waals surface area (Å²) in [5.41, 5.74) is 0. The lowest BCUT2D eigenvalue weighted by Gasteiger charge is -2.15. The van der Waals surface area contributed by atoms with Gasteiger partial charge in [0.25, 0.3) is 0 Å². The van der Waals surface area contributed by atoms with Gasteiger partial charge in [-0.15, -0.1) is 0 Å². The van der Waals surface area contributed by atoms with Gasteiger partial charge >= 0.3 is 0 Å². The molecule has 4 heteroatoms. The van der Waals surface area contributed by atoms with Gasteiger partial charge < -0.3 is 0 Å². The zero-order chi connectivity index (χ0) is 10.5. The Kier molecular flexibility index (Phi) is 16.4. The average Bonchev–Trinajstić information content (AvgIpc) is 2.08. The van der Waals surface area contributed by atoms with Crippen LogP contribution < -0.4 is 0 Å². The van der Waals surface area contributed by atoms with Crippen molar-refractivity contribution in [1.82, 2.24) is 0 Å². The minimum atomic E-state index is 1.04. The molecule has 0 radical (unpaired) electrons. The van der Waals surface area contributed by atoms with Crippen molar-refractivity contribution in [3.63, 3.8) is 0 Å². The van der Waals surface area contributed by atoms with Gasteiger partial charge in [0.15, 0.2) is 0 Å². The smallest absolute Gasteiger partial charge is 0.0554 e. The summed E-state index contributed by atoms with van der Waals surface area (Å²) in [5, 5.41) is 14.7. The van der Waals surface area contributed by atoms with E-state index < -0.39 is 0 Å². The van der Waals surface area contributed by atoms with Crippen LogP contribution in [0.2, 0.25) is 0 Å². The van der Waals surface area contributed by atoms with E-state index in [1.807, 2.05) is 0 Å². The highest BCUT2D eigenvalue weighted by Crippen LogP contribution is 2.21. The van der Waals surface area contributed by atoms with E-state index in [9.17, 15) is 0 Å². The zero-order valence-electron chi connectivity index (χ0n) is 7.93. The second-order valence-corrected chi connectivity index (χ2v) is 3.36. The van der Waals surface area contributed by atoms with Crippen molar-refractivity contribution in [3.05, 3.63) is 0 Å². The molecule has 13 heavy (non-hydrogen) atoms. The molecular weight excluding hydrogens is 200 g/mol. The van der Waals surface area contributed by atoms with Gasteiger partial charge in [-0.3, -0.25) is 0 Å². The lowest BCUT2D eigenvalue weighted by molar-refractivity contribution is 0.385. The van der Waals surface area contributed by atoms with E-state index in [1.165, 1.54) is 32.1 Å². The van der Waals surface area contributed by atoms with Crippen molar-refractivity contribution in [2.24, 2.45) is 5.92 Å². The maximum atomic E-state index is 5.77. The molecule has 0 aromatic heterocycles. The van der Waals surface area contributed by atoms with E-state index in [4.69, 9.17) is 10.8 Å². The highest BCUT2D eigenvalue weighted by Gasteiger charge is 2.05. The molecule has 0 aromatic carbocycles. The molecule has 1 fully saturated rings. The maximum absolute atomic E-state index is 5.77. The first-order chi connectivity index (χ1) is 6.22. The van der Waals surface area contributed by atoms with Gasteiger partial charge in [0.2, 0.25) is 0 Å². The molecule has 2 nitrogen and oxygen atoms in total. The molecule has 0 heterocycles. The van der Waals surface area contributed by atoms with E-state index >= 15 is 0 Å². The van der Waals surface area contributed by atoms with Crippen molar-refractivity contribution in [3.8, 4) is 0 Å². The van der Waals surface area contributed by atoms with Crippen molar-refractivity contribution >= 4 is 34.8 Å². The SMILES string of the molecule is CC1CCCCC1.N=C=S.N=C=S. The fraction of sp³-hybridized carbons (Fsp3) is 0.778. The summed E-state index contributed by atoms with van der Waals surface area (Å²) in [6.07, 6.45) is 7.44. The Labute approximate surface area is 90.8 Å². The van der Waals surface area contributed by atoms with Gasteiger partial charge in [-0.1, -0.05) is 39.0 Å². The van der Waals surface area contributed by atoms with Crippen LogP contribution in [-0.2, 0) is 0 Å². The number of nitrogens with one attached hydrogen (secondary N) is 2. The van der Waals surface area contributed by atoms with Crippen molar-refractivity contribution in [2.45, 2.75) is 39.0 Å². The quantitative estimate of drug-likeness (QED) is 0.476. The number of hydrogen-bond donors (Lipinski definition) is 2. The van der Waals surface area contributed by atoms with Crippen LogP contribution in [0, 0.1) is 16.7 Å². The summed E-state index contributed by atoms with van der Waals surface area (Å²) in [6.45, 7) is 2.36. The van der Waals surface area contributed by atoms with E-state index in [0.29, 0.717) is 0 Å². The molecule has 0 aliphatic heterocycles. The Bertz CT molecular complexity index is 150. The summed E-state index contributed by atoms with van der Waals surface area (Å²) < 4.78 is 0. The molecule has 0 aromatic rings. The average molecular weight is 216 g/mol. The summed E-state index contributed by atoms with van der Waals surface area (Å²) in [4.78, 5) is 0. The predicted octanol–water partition coefficient (Wildman–Crippen LogP) is 3.92. The minimum absolute atomic E-state index is 1.04. The highest BCUT2D eigenvalue weighted by atomic mass is 32.1. The first kappa shape index (κ1) is 15.1. The Morgan fingerprint density at radius 3 is 1.46 bits per heavy atom. The molecule has 1 saturated carbocycles. The van der Waals surface area contributed by atoms with Crippen LogP contribution in [0.1, 0.15) is 39.0 Å². The van der Waals surface area contributed by atoms with Gasteiger partial charge in [0.05, 0.1) is 10.3 Å². The fourth-order valence-electron chi connectivity index (χ4n) is 1.31. The van der Waals surface area contributed by atoms with Crippen LogP contribution >= 0.6 is 24.4 Å². The van der Waals surface area contributed by atoms with E-state index in [2.05, 4.69) is 31.4 Å². The Morgan fingerprint density at radius 1 is 1.00 bits per heavy atom. The van der Waals surface area contributed by atoms with Crippen LogP contribution in [0.5, 0.6) is 0 Å². The summed E-state index contributed by atoms with van der Waals surface area (Å²) >= 11 is 7.62. The van der Waals surface area contributed by atoms with Gasteiger partial charge in [0.1, 0.15) is 0 Å². The second-order valence-electron chi connectivity index (χ2n) is 2.95. The number of isothiocyanates is 2. The normalized spacial score (nSPS) is 14.8. The molecule has 1 aliphatic carbocycles. The van der Waals surface area contributed by atoms with Crippen molar-refractivity contribution in [1.29, 1.82) is 10.8 Å². The third-order valence-electron chi connectivity index (χ3n) is 1.89. The zero-order valence-corrected chi connectivity index (χ0v) is 9.56. The second kappa shape index (κ2) is 14.1. The molecule has 0 saturated heterocycles. The first-order valence-corrected chi connectivity index (χ1v) is 5.12. The highest BCUT2D eigenvalue weighted by molar-refractivity contribution is 7.78. The van der Waals surface area contributed by atoms with Gasteiger partial charge in [0, 0.05) is 0 Å². The molecular formula is C9H16N2S2. The van der Waals surface area contributed by atoms with Crippen molar-refractivity contribution < 1.29 is 0 Å². The molecule has 0 unspecified atom stereocenters. The molecule has 2 N–H and O–H groups in total. The largest absolute Gasteiger partial charge is 0.248 e. The van der Waals surface area contributed by atoms with E-state index in [-0.39, 0.29) is 0 Å². The Hall–Kier alpha value is -0.400. The first-order valence-electron chi connectivity index (χ1n) is 4.30. The van der Waals surface area contributed by atoms with Crippen LogP contribution in [-0.4, -0.2) is 10.3 Å². The third-order valence-corrected chi connectivity index (χ3v) is 1.89. The number of hydrogen-bond acceptors (Lipinski definition) is 4.